The van der Waals surface area contributed by atoms with Crippen LogP contribution in [0.1, 0.15) is 23.7 Å². The van der Waals surface area contributed by atoms with Gasteiger partial charge in [0.15, 0.2) is 18.1 Å². The Morgan fingerprint density at radius 2 is 1.70 bits per heavy atom. The minimum absolute atomic E-state index is 0.0109. The molecule has 1 unspecified atom stereocenters. The van der Waals surface area contributed by atoms with Crippen LogP contribution >= 0.6 is 0 Å². The molecule has 0 radical (unpaired) electrons. The van der Waals surface area contributed by atoms with Crippen LogP contribution in [0.25, 0.3) is 0 Å². The number of nitrogens with zero attached hydrogens (tertiary/aromatic N) is 1. The second kappa shape index (κ2) is 15.2. The predicted octanol–water partition coefficient (Wildman–Crippen LogP) is 4.78. The van der Waals surface area contributed by atoms with Crippen molar-refractivity contribution < 1.29 is 32.2 Å². The summed E-state index contributed by atoms with van der Waals surface area (Å²) in [6.45, 7) is 5.56. The van der Waals surface area contributed by atoms with E-state index in [0.29, 0.717) is 36.3 Å². The lowest BCUT2D eigenvalue weighted by atomic mass is 10.1. The zero-order valence-corrected chi connectivity index (χ0v) is 20.5. The number of nitriles is 1. The van der Waals surface area contributed by atoms with Crippen LogP contribution in [0.4, 0.5) is 13.2 Å². The van der Waals surface area contributed by atoms with Gasteiger partial charge in [0.05, 0.1) is 17.7 Å². The van der Waals surface area contributed by atoms with Gasteiger partial charge in [0.1, 0.15) is 12.7 Å². The highest BCUT2D eigenvalue weighted by atomic mass is 19.4. The topological polar surface area (TPSA) is 92.6 Å². The third kappa shape index (κ3) is 11.5. The second-order valence-corrected chi connectivity index (χ2v) is 7.89. The van der Waals surface area contributed by atoms with Crippen LogP contribution in [0, 0.1) is 11.3 Å². The Labute approximate surface area is 214 Å². The second-order valence-electron chi connectivity index (χ2n) is 7.89. The Balaban J connectivity index is 1.69. The fraction of sp³-hybridized carbons (Fsp3) is 0.333. The molecule has 0 bridgehead atoms. The van der Waals surface area contributed by atoms with E-state index in [2.05, 4.69) is 23.3 Å². The monoisotopic (exact) mass is 517 g/mol. The number of esters is 1. The molecule has 2 N–H and O–H groups in total. The van der Waals surface area contributed by atoms with Crippen LogP contribution in [-0.4, -0.2) is 51.1 Å². The molecule has 0 aliphatic carbocycles. The zero-order chi connectivity index (χ0) is 27.1. The first kappa shape index (κ1) is 29.3. The molecule has 0 amide bonds. The van der Waals surface area contributed by atoms with Gasteiger partial charge in [-0.25, -0.2) is 4.79 Å². The van der Waals surface area contributed by atoms with Gasteiger partial charge in [-0.1, -0.05) is 36.9 Å². The summed E-state index contributed by atoms with van der Waals surface area (Å²) in [6.07, 6.45) is -2.20. The molecule has 37 heavy (non-hydrogen) atoms. The summed E-state index contributed by atoms with van der Waals surface area (Å²) >= 11 is 0. The number of alkyl halides is 3. The van der Waals surface area contributed by atoms with Crippen molar-refractivity contribution >= 4 is 5.97 Å². The minimum atomic E-state index is -4.44. The highest BCUT2D eigenvalue weighted by Crippen LogP contribution is 2.28. The maximum atomic E-state index is 12.4. The van der Waals surface area contributed by atoms with Gasteiger partial charge in [-0.3, -0.25) is 0 Å². The van der Waals surface area contributed by atoms with Crippen molar-refractivity contribution in [3.8, 4) is 17.6 Å². The molecule has 2 aromatic carbocycles. The van der Waals surface area contributed by atoms with Gasteiger partial charge in [0.25, 0.3) is 0 Å². The number of allylic oxidation sites excluding steroid dienone is 1. The Morgan fingerprint density at radius 1 is 1.05 bits per heavy atom. The van der Waals surface area contributed by atoms with Gasteiger partial charge in [-0.15, -0.1) is 0 Å². The van der Waals surface area contributed by atoms with Crippen molar-refractivity contribution in [3.05, 3.63) is 84.1 Å². The van der Waals surface area contributed by atoms with Crippen molar-refractivity contribution in [3.63, 3.8) is 0 Å². The highest BCUT2D eigenvalue weighted by molar-refractivity contribution is 5.89. The molecule has 7 nitrogen and oxygen atoms in total. The lowest BCUT2D eigenvalue weighted by Crippen LogP contribution is -2.29. The van der Waals surface area contributed by atoms with Crippen molar-refractivity contribution in [2.45, 2.75) is 25.6 Å². The van der Waals surface area contributed by atoms with E-state index >= 15 is 0 Å². The molecule has 0 saturated heterocycles. The minimum Gasteiger partial charge on any atom is -0.488 e. The third-order valence-electron chi connectivity index (χ3n) is 4.83. The average Bonchev–Trinajstić information content (AvgIpc) is 2.88. The molecule has 2 rings (SSSR count). The molecule has 0 aromatic heterocycles. The Kier molecular flexibility index (Phi) is 12.0. The van der Waals surface area contributed by atoms with Crippen LogP contribution in [0.5, 0.6) is 11.5 Å². The fourth-order valence-corrected chi connectivity index (χ4v) is 3.04. The first-order valence-electron chi connectivity index (χ1n) is 11.6. The Morgan fingerprint density at radius 3 is 2.35 bits per heavy atom. The highest BCUT2D eigenvalue weighted by Gasteiger charge is 2.28. The molecular weight excluding hydrogens is 487 g/mol. The molecule has 1 atom stereocenters. The number of halogens is 3. The van der Waals surface area contributed by atoms with E-state index in [1.54, 1.807) is 42.5 Å². The van der Waals surface area contributed by atoms with Crippen molar-refractivity contribution in [1.29, 1.82) is 5.26 Å². The quantitative estimate of drug-likeness (QED) is 0.152. The molecule has 198 valence electrons. The number of para-hydroxylation sites is 2. The van der Waals surface area contributed by atoms with Gasteiger partial charge in [0, 0.05) is 24.8 Å². The van der Waals surface area contributed by atoms with Gasteiger partial charge >= 0.3 is 12.1 Å². The van der Waals surface area contributed by atoms with Gasteiger partial charge in [-0.05, 0) is 43.7 Å². The molecule has 0 aliphatic rings. The summed E-state index contributed by atoms with van der Waals surface area (Å²) in [5.74, 6) is -0.170. The molecule has 0 aliphatic heterocycles. The third-order valence-corrected chi connectivity index (χ3v) is 4.83. The van der Waals surface area contributed by atoms with E-state index < -0.39 is 18.8 Å². The largest absolute Gasteiger partial charge is 0.488 e. The smallest absolute Gasteiger partial charge is 0.422 e. The summed E-state index contributed by atoms with van der Waals surface area (Å²) in [5.41, 5.74) is 1.28. The van der Waals surface area contributed by atoms with Crippen molar-refractivity contribution in [2.24, 2.45) is 0 Å². The Hall–Kier alpha value is -3.97. The van der Waals surface area contributed by atoms with E-state index in [0.717, 1.165) is 0 Å². The maximum absolute atomic E-state index is 12.4. The lowest BCUT2D eigenvalue weighted by molar-refractivity contribution is -0.153. The summed E-state index contributed by atoms with van der Waals surface area (Å²) in [7, 11) is 0. The number of hydrogen-bond donors (Lipinski definition) is 2. The van der Waals surface area contributed by atoms with E-state index in [9.17, 15) is 23.2 Å². The molecule has 10 heteroatoms. The van der Waals surface area contributed by atoms with Gasteiger partial charge in [0.2, 0.25) is 0 Å². The summed E-state index contributed by atoms with van der Waals surface area (Å²) in [6, 6.07) is 16.7. The van der Waals surface area contributed by atoms with Crippen LogP contribution in [0.2, 0.25) is 0 Å². The summed E-state index contributed by atoms with van der Waals surface area (Å²) in [4.78, 5) is 11.9. The first-order chi connectivity index (χ1) is 17.7. The van der Waals surface area contributed by atoms with Crippen LogP contribution < -0.4 is 20.1 Å². The number of hydrogen-bond acceptors (Lipinski definition) is 7. The zero-order valence-electron chi connectivity index (χ0n) is 20.5. The summed E-state index contributed by atoms with van der Waals surface area (Å²) in [5, 5.41) is 15.7. The maximum Gasteiger partial charge on any atom is 0.422 e. The number of ether oxygens (including phenoxy) is 3. The number of carbonyl (C=O) groups is 1. The van der Waals surface area contributed by atoms with Crippen molar-refractivity contribution in [1.82, 2.24) is 10.6 Å². The number of carbonyl (C=O) groups excluding carboxylic acids is 1. The molecule has 0 saturated carbocycles. The first-order valence-corrected chi connectivity index (χ1v) is 11.6. The SMILES string of the molecule is C=C(NCCCOC(=O)c1ccccc1)/C(C#N)=C\C(C)NCCOc1ccccc1OCC(F)(F)F. The number of rotatable bonds is 15. The molecular formula is C27H30F3N3O4. The molecule has 0 fully saturated rings. The molecule has 2 aromatic rings. The lowest BCUT2D eigenvalue weighted by Gasteiger charge is -2.15. The van der Waals surface area contributed by atoms with Crippen molar-refractivity contribution in [2.75, 3.05) is 32.9 Å². The van der Waals surface area contributed by atoms with E-state index in [4.69, 9.17) is 14.2 Å². The van der Waals surface area contributed by atoms with Crippen LogP contribution in [0.3, 0.4) is 0 Å². The molecule has 0 spiro atoms. The number of benzene rings is 2. The number of nitrogens with one attached hydrogen (secondary N) is 2. The summed E-state index contributed by atoms with van der Waals surface area (Å²) < 4.78 is 52.8. The standard InChI is InChI=1S/C27H30F3N3O4/c1-20(32-14-16-35-24-11-6-7-12-25(24)37-19-27(28,29)30)17-23(18-31)21(2)33-13-8-15-36-26(34)22-9-4-3-5-10-22/h3-7,9-12,17,20,32-33H,2,8,13-16,19H2,1H3/b23-17-. The van der Waals surface area contributed by atoms with Crippen LogP contribution in [0.15, 0.2) is 78.5 Å². The fourth-order valence-electron chi connectivity index (χ4n) is 3.04. The van der Waals surface area contributed by atoms with Crippen LogP contribution in [-0.2, 0) is 4.74 Å². The molecule has 0 heterocycles. The Bertz CT molecular complexity index is 1080. The predicted molar refractivity (Wildman–Crippen MR) is 133 cm³/mol. The van der Waals surface area contributed by atoms with Gasteiger partial charge in [-0.2, -0.15) is 18.4 Å². The van der Waals surface area contributed by atoms with E-state index in [1.807, 2.05) is 13.0 Å². The van der Waals surface area contributed by atoms with E-state index in [-0.39, 0.29) is 30.8 Å². The van der Waals surface area contributed by atoms with Gasteiger partial charge < -0.3 is 24.8 Å². The normalized spacial score (nSPS) is 12.2. The van der Waals surface area contributed by atoms with E-state index in [1.165, 1.54) is 12.1 Å². The average molecular weight is 518 g/mol.